The molecule has 2 fully saturated rings. The number of hydrogen-bond acceptors (Lipinski definition) is 2. The molecule has 2 atom stereocenters. The predicted octanol–water partition coefficient (Wildman–Crippen LogP) is 1.68. The maximum absolute atomic E-state index is 5.54. The Hall–Kier alpha value is 0.400. The standard InChI is InChI=1S/C7H11BrO2/c8-6-2-1-3-7(6)4-9-5-10-7/h6H,1-5H2. The summed E-state index contributed by atoms with van der Waals surface area (Å²) in [6.07, 6.45) is 3.64. The molecule has 1 aliphatic carbocycles. The van der Waals surface area contributed by atoms with Gasteiger partial charge in [0.2, 0.25) is 0 Å². The second kappa shape index (κ2) is 2.47. The van der Waals surface area contributed by atoms with Gasteiger partial charge in [0.05, 0.1) is 6.61 Å². The van der Waals surface area contributed by atoms with Crippen molar-refractivity contribution in [1.82, 2.24) is 0 Å². The van der Waals surface area contributed by atoms with Crippen molar-refractivity contribution in [1.29, 1.82) is 0 Å². The summed E-state index contributed by atoms with van der Waals surface area (Å²) in [5, 5.41) is 0. The van der Waals surface area contributed by atoms with E-state index in [9.17, 15) is 0 Å². The molecule has 1 aliphatic heterocycles. The van der Waals surface area contributed by atoms with Crippen LogP contribution in [0.3, 0.4) is 0 Å². The molecule has 10 heavy (non-hydrogen) atoms. The second-order valence-electron chi connectivity index (χ2n) is 3.04. The summed E-state index contributed by atoms with van der Waals surface area (Å²) in [4.78, 5) is 0.516. The molecule has 1 spiro atoms. The van der Waals surface area contributed by atoms with Crippen LogP contribution in [0.25, 0.3) is 0 Å². The van der Waals surface area contributed by atoms with Gasteiger partial charge in [-0.2, -0.15) is 0 Å². The monoisotopic (exact) mass is 206 g/mol. The maximum atomic E-state index is 5.54. The number of halogens is 1. The van der Waals surface area contributed by atoms with E-state index in [0.717, 1.165) is 13.0 Å². The van der Waals surface area contributed by atoms with Crippen molar-refractivity contribution in [3.63, 3.8) is 0 Å². The lowest BCUT2D eigenvalue weighted by Crippen LogP contribution is -2.36. The second-order valence-corrected chi connectivity index (χ2v) is 4.14. The third kappa shape index (κ3) is 0.917. The summed E-state index contributed by atoms with van der Waals surface area (Å²) in [7, 11) is 0. The SMILES string of the molecule is BrC1CCCC12COCO2. The summed E-state index contributed by atoms with van der Waals surface area (Å²) in [5.74, 6) is 0. The van der Waals surface area contributed by atoms with Gasteiger partial charge in [-0.1, -0.05) is 15.9 Å². The van der Waals surface area contributed by atoms with Crippen molar-refractivity contribution < 1.29 is 9.47 Å². The molecule has 1 saturated carbocycles. The van der Waals surface area contributed by atoms with Crippen LogP contribution in [0.1, 0.15) is 19.3 Å². The average molecular weight is 207 g/mol. The van der Waals surface area contributed by atoms with Gasteiger partial charge in [-0.25, -0.2) is 0 Å². The molecular weight excluding hydrogens is 196 g/mol. The zero-order chi connectivity index (χ0) is 7.03. The number of ether oxygens (including phenoxy) is 2. The van der Waals surface area contributed by atoms with E-state index in [4.69, 9.17) is 9.47 Å². The highest BCUT2D eigenvalue weighted by atomic mass is 79.9. The molecule has 0 bridgehead atoms. The highest BCUT2D eigenvalue weighted by Gasteiger charge is 2.45. The number of alkyl halides is 1. The quantitative estimate of drug-likeness (QED) is 0.562. The van der Waals surface area contributed by atoms with Crippen LogP contribution in [0.2, 0.25) is 0 Å². The van der Waals surface area contributed by atoms with E-state index in [1.54, 1.807) is 0 Å². The summed E-state index contributed by atoms with van der Waals surface area (Å²) in [6, 6.07) is 0. The molecule has 1 heterocycles. The van der Waals surface area contributed by atoms with Crippen LogP contribution in [0.15, 0.2) is 0 Å². The topological polar surface area (TPSA) is 18.5 Å². The van der Waals surface area contributed by atoms with Crippen LogP contribution in [-0.4, -0.2) is 23.8 Å². The highest BCUT2D eigenvalue weighted by molar-refractivity contribution is 9.09. The van der Waals surface area contributed by atoms with Gasteiger partial charge in [-0.05, 0) is 19.3 Å². The molecular formula is C7H11BrO2. The molecule has 2 rings (SSSR count). The zero-order valence-electron chi connectivity index (χ0n) is 5.81. The van der Waals surface area contributed by atoms with Crippen molar-refractivity contribution in [2.75, 3.05) is 13.4 Å². The third-order valence-corrected chi connectivity index (χ3v) is 3.70. The van der Waals surface area contributed by atoms with Crippen LogP contribution in [0.5, 0.6) is 0 Å². The molecule has 3 heteroatoms. The van der Waals surface area contributed by atoms with Crippen molar-refractivity contribution in [3.8, 4) is 0 Å². The molecule has 1 saturated heterocycles. The molecule has 2 nitrogen and oxygen atoms in total. The Kier molecular flexibility index (Phi) is 1.74. The summed E-state index contributed by atoms with van der Waals surface area (Å²) in [6.45, 7) is 1.27. The minimum atomic E-state index is 0.0417. The first kappa shape index (κ1) is 7.07. The Balaban J connectivity index is 2.11. The predicted molar refractivity (Wildman–Crippen MR) is 41.2 cm³/mol. The summed E-state index contributed by atoms with van der Waals surface area (Å²) >= 11 is 3.62. The molecule has 58 valence electrons. The Morgan fingerprint density at radius 3 is 2.90 bits per heavy atom. The van der Waals surface area contributed by atoms with E-state index < -0.39 is 0 Å². The largest absolute Gasteiger partial charge is 0.352 e. The van der Waals surface area contributed by atoms with Crippen molar-refractivity contribution in [3.05, 3.63) is 0 Å². The van der Waals surface area contributed by atoms with Crippen LogP contribution in [0, 0.1) is 0 Å². The fraction of sp³-hybridized carbons (Fsp3) is 1.00. The first-order valence-electron chi connectivity index (χ1n) is 3.69. The Bertz CT molecular complexity index is 126. The van der Waals surface area contributed by atoms with Gasteiger partial charge < -0.3 is 9.47 Å². The lowest BCUT2D eigenvalue weighted by Gasteiger charge is -2.23. The fourth-order valence-corrected chi connectivity index (χ4v) is 2.56. The average Bonchev–Trinajstić information content (AvgIpc) is 2.48. The minimum absolute atomic E-state index is 0.0417. The van der Waals surface area contributed by atoms with Gasteiger partial charge in [-0.15, -0.1) is 0 Å². The molecule has 0 aromatic heterocycles. The Morgan fingerprint density at radius 2 is 2.40 bits per heavy atom. The smallest absolute Gasteiger partial charge is 0.147 e. The fourth-order valence-electron chi connectivity index (χ4n) is 1.74. The van der Waals surface area contributed by atoms with Gasteiger partial charge in [0.25, 0.3) is 0 Å². The molecule has 0 radical (unpaired) electrons. The normalized spacial score (nSPS) is 47.1. The lowest BCUT2D eigenvalue weighted by molar-refractivity contribution is -0.000490. The molecule has 0 amide bonds. The van der Waals surface area contributed by atoms with Crippen LogP contribution in [0.4, 0.5) is 0 Å². The zero-order valence-corrected chi connectivity index (χ0v) is 7.39. The lowest BCUT2D eigenvalue weighted by atomic mass is 10.0. The Labute approximate surface area is 69.0 Å². The van der Waals surface area contributed by atoms with Crippen molar-refractivity contribution in [2.45, 2.75) is 29.7 Å². The molecule has 0 aromatic rings. The third-order valence-electron chi connectivity index (χ3n) is 2.40. The highest BCUT2D eigenvalue weighted by Crippen LogP contribution is 2.40. The van der Waals surface area contributed by atoms with Gasteiger partial charge in [0, 0.05) is 4.83 Å². The van der Waals surface area contributed by atoms with E-state index in [2.05, 4.69) is 15.9 Å². The van der Waals surface area contributed by atoms with Crippen LogP contribution in [-0.2, 0) is 9.47 Å². The van der Waals surface area contributed by atoms with E-state index >= 15 is 0 Å². The number of hydrogen-bond donors (Lipinski definition) is 0. The Morgan fingerprint density at radius 1 is 1.50 bits per heavy atom. The van der Waals surface area contributed by atoms with Gasteiger partial charge in [-0.3, -0.25) is 0 Å². The summed E-state index contributed by atoms with van der Waals surface area (Å²) in [5.41, 5.74) is 0.0417. The van der Waals surface area contributed by atoms with Gasteiger partial charge in [0.1, 0.15) is 12.4 Å². The van der Waals surface area contributed by atoms with E-state index in [1.807, 2.05) is 0 Å². The minimum Gasteiger partial charge on any atom is -0.352 e. The van der Waals surface area contributed by atoms with Crippen molar-refractivity contribution >= 4 is 15.9 Å². The van der Waals surface area contributed by atoms with E-state index in [-0.39, 0.29) is 5.60 Å². The van der Waals surface area contributed by atoms with Crippen molar-refractivity contribution in [2.24, 2.45) is 0 Å². The maximum Gasteiger partial charge on any atom is 0.147 e. The first-order chi connectivity index (χ1) is 4.83. The number of rotatable bonds is 0. The van der Waals surface area contributed by atoms with Gasteiger partial charge >= 0.3 is 0 Å². The van der Waals surface area contributed by atoms with E-state index in [0.29, 0.717) is 11.6 Å². The molecule has 0 aromatic carbocycles. The van der Waals surface area contributed by atoms with Gasteiger partial charge in [0.15, 0.2) is 0 Å². The van der Waals surface area contributed by atoms with E-state index in [1.165, 1.54) is 12.8 Å². The first-order valence-corrected chi connectivity index (χ1v) is 4.61. The summed E-state index contributed by atoms with van der Waals surface area (Å²) < 4.78 is 10.7. The molecule has 0 N–H and O–H groups in total. The van der Waals surface area contributed by atoms with Crippen LogP contribution >= 0.6 is 15.9 Å². The van der Waals surface area contributed by atoms with Crippen LogP contribution < -0.4 is 0 Å². The molecule has 2 unspecified atom stereocenters. The molecule has 2 aliphatic rings.